The van der Waals surface area contributed by atoms with Crippen LogP contribution in [0.15, 0.2) is 42.6 Å². The van der Waals surface area contributed by atoms with Gasteiger partial charge in [0.05, 0.1) is 17.6 Å². The fraction of sp³-hybridized carbons (Fsp3) is 0.318. The highest BCUT2D eigenvalue weighted by molar-refractivity contribution is 5.80. The molecule has 4 N–H and O–H groups in total. The summed E-state index contributed by atoms with van der Waals surface area (Å²) in [6.07, 6.45) is 3.33. The van der Waals surface area contributed by atoms with E-state index in [1.54, 1.807) is 6.20 Å². The number of aromatic amines is 1. The Morgan fingerprint density at radius 2 is 1.75 bits per heavy atom. The number of nitrogens with zero attached hydrogens (tertiary/aromatic N) is 2. The second-order valence-electron chi connectivity index (χ2n) is 7.29. The zero-order valence-corrected chi connectivity index (χ0v) is 16.1. The van der Waals surface area contributed by atoms with E-state index in [1.807, 2.05) is 18.2 Å². The number of aromatic hydroxyl groups is 2. The number of piperazine rings is 1. The summed E-state index contributed by atoms with van der Waals surface area (Å²) in [6, 6.07) is 11.6. The Labute approximate surface area is 164 Å². The van der Waals surface area contributed by atoms with E-state index in [1.165, 1.54) is 17.2 Å². The Bertz CT molecular complexity index is 961. The van der Waals surface area contributed by atoms with E-state index >= 15 is 0 Å². The van der Waals surface area contributed by atoms with Gasteiger partial charge in [-0.15, -0.1) is 0 Å². The minimum absolute atomic E-state index is 0.0535. The van der Waals surface area contributed by atoms with Gasteiger partial charge >= 0.3 is 0 Å². The predicted octanol–water partition coefficient (Wildman–Crippen LogP) is 2.99. The van der Waals surface area contributed by atoms with Gasteiger partial charge in [0.2, 0.25) is 0 Å². The van der Waals surface area contributed by atoms with Crippen molar-refractivity contribution in [1.82, 2.24) is 15.5 Å². The molecule has 0 aliphatic carbocycles. The summed E-state index contributed by atoms with van der Waals surface area (Å²) in [5.74, 6) is 0.177. The maximum absolute atomic E-state index is 10.5. The number of rotatable bonds is 5. The van der Waals surface area contributed by atoms with E-state index < -0.39 is 0 Å². The maximum atomic E-state index is 10.5. The average Bonchev–Trinajstić information content (AvgIpc) is 3.19. The van der Waals surface area contributed by atoms with E-state index in [-0.39, 0.29) is 11.5 Å². The van der Waals surface area contributed by atoms with Crippen LogP contribution in [-0.2, 0) is 12.8 Å². The molecule has 0 amide bonds. The first-order valence-electron chi connectivity index (χ1n) is 9.72. The van der Waals surface area contributed by atoms with Gasteiger partial charge in [-0.25, -0.2) is 0 Å². The van der Waals surface area contributed by atoms with Crippen LogP contribution in [0.1, 0.15) is 16.7 Å². The standard InChI is InChI=1S/C22H26N4O2/c1-15-4-2-3-5-16(15)6-7-17-12-18(21(28)13-20(17)27)22-19(14-24-25-22)26-10-8-23-9-11-26/h2-5,12-14,23,27-28H,6-11H2,1H3,(H,24,25). The zero-order chi connectivity index (χ0) is 19.5. The Kier molecular flexibility index (Phi) is 5.21. The van der Waals surface area contributed by atoms with Gasteiger partial charge < -0.3 is 20.4 Å². The van der Waals surface area contributed by atoms with Crippen LogP contribution in [0, 0.1) is 6.92 Å². The molecule has 2 heterocycles. The van der Waals surface area contributed by atoms with Gasteiger partial charge in [0, 0.05) is 37.8 Å². The first kappa shape index (κ1) is 18.4. The molecule has 1 aliphatic rings. The molecule has 6 nitrogen and oxygen atoms in total. The molecule has 0 atom stereocenters. The summed E-state index contributed by atoms with van der Waals surface area (Å²) in [4.78, 5) is 2.26. The third-order valence-electron chi connectivity index (χ3n) is 5.47. The number of benzene rings is 2. The third kappa shape index (κ3) is 3.68. The molecule has 0 spiro atoms. The normalized spacial score (nSPS) is 14.4. The predicted molar refractivity (Wildman–Crippen MR) is 111 cm³/mol. The first-order chi connectivity index (χ1) is 13.6. The van der Waals surface area contributed by atoms with Crippen molar-refractivity contribution in [2.75, 3.05) is 31.1 Å². The maximum Gasteiger partial charge on any atom is 0.128 e. The Morgan fingerprint density at radius 1 is 1.00 bits per heavy atom. The fourth-order valence-electron chi connectivity index (χ4n) is 3.81. The third-order valence-corrected chi connectivity index (χ3v) is 5.47. The monoisotopic (exact) mass is 378 g/mol. The van der Waals surface area contributed by atoms with Crippen molar-refractivity contribution in [2.24, 2.45) is 0 Å². The van der Waals surface area contributed by atoms with Crippen molar-refractivity contribution in [3.8, 4) is 22.8 Å². The van der Waals surface area contributed by atoms with Crippen molar-refractivity contribution in [1.29, 1.82) is 0 Å². The van der Waals surface area contributed by atoms with Crippen molar-refractivity contribution >= 4 is 5.69 Å². The second-order valence-corrected chi connectivity index (χ2v) is 7.29. The van der Waals surface area contributed by atoms with Crippen LogP contribution in [0.3, 0.4) is 0 Å². The molecule has 0 bridgehead atoms. The summed E-state index contributed by atoms with van der Waals surface area (Å²) in [7, 11) is 0. The number of hydrogen-bond acceptors (Lipinski definition) is 5. The highest BCUT2D eigenvalue weighted by Crippen LogP contribution is 2.38. The van der Waals surface area contributed by atoms with Crippen molar-refractivity contribution in [3.05, 3.63) is 59.3 Å². The van der Waals surface area contributed by atoms with E-state index in [4.69, 9.17) is 0 Å². The molecule has 1 aliphatic heterocycles. The van der Waals surface area contributed by atoms with E-state index in [0.29, 0.717) is 12.0 Å². The van der Waals surface area contributed by atoms with Crippen LogP contribution in [0.25, 0.3) is 11.3 Å². The molecule has 28 heavy (non-hydrogen) atoms. The molecule has 2 aromatic carbocycles. The number of anilines is 1. The van der Waals surface area contributed by atoms with Crippen LogP contribution in [-0.4, -0.2) is 46.6 Å². The molecular weight excluding hydrogens is 352 g/mol. The highest BCUT2D eigenvalue weighted by Gasteiger charge is 2.20. The average molecular weight is 378 g/mol. The largest absolute Gasteiger partial charge is 0.508 e. The number of phenols is 2. The second kappa shape index (κ2) is 7.94. The van der Waals surface area contributed by atoms with Crippen LogP contribution in [0.4, 0.5) is 5.69 Å². The number of hydrogen-bond donors (Lipinski definition) is 4. The highest BCUT2D eigenvalue weighted by atomic mass is 16.3. The Hall–Kier alpha value is -2.99. The zero-order valence-electron chi connectivity index (χ0n) is 16.1. The molecular formula is C22H26N4O2. The lowest BCUT2D eigenvalue weighted by Gasteiger charge is -2.29. The number of H-pyrrole nitrogens is 1. The van der Waals surface area contributed by atoms with Crippen molar-refractivity contribution < 1.29 is 10.2 Å². The molecule has 0 saturated carbocycles. The number of aromatic nitrogens is 2. The summed E-state index contributed by atoms with van der Waals surface area (Å²) < 4.78 is 0. The van der Waals surface area contributed by atoms with E-state index in [2.05, 4.69) is 39.5 Å². The van der Waals surface area contributed by atoms with Gasteiger partial charge in [0.25, 0.3) is 0 Å². The van der Waals surface area contributed by atoms with Crippen LogP contribution < -0.4 is 10.2 Å². The number of phenolic OH excluding ortho intramolecular Hbond substituents is 2. The molecule has 1 aromatic heterocycles. The number of nitrogens with one attached hydrogen (secondary N) is 2. The molecule has 0 radical (unpaired) electrons. The molecule has 3 aromatic rings. The van der Waals surface area contributed by atoms with Gasteiger partial charge in [0.1, 0.15) is 11.5 Å². The quantitative estimate of drug-likeness (QED) is 0.549. The van der Waals surface area contributed by atoms with Crippen LogP contribution in [0.5, 0.6) is 11.5 Å². The smallest absolute Gasteiger partial charge is 0.128 e. The van der Waals surface area contributed by atoms with Gasteiger partial charge in [0.15, 0.2) is 0 Å². The van der Waals surface area contributed by atoms with Crippen LogP contribution >= 0.6 is 0 Å². The lowest BCUT2D eigenvalue weighted by molar-refractivity contribution is 0.447. The molecule has 0 unspecified atom stereocenters. The topological polar surface area (TPSA) is 84.4 Å². The molecule has 6 heteroatoms. The van der Waals surface area contributed by atoms with Gasteiger partial charge in [-0.1, -0.05) is 24.3 Å². The summed E-state index contributed by atoms with van der Waals surface area (Å²) in [6.45, 7) is 5.74. The molecule has 1 fully saturated rings. The number of aryl methyl sites for hydroxylation is 3. The van der Waals surface area contributed by atoms with E-state index in [9.17, 15) is 10.2 Å². The minimum atomic E-state index is 0.0535. The molecule has 146 valence electrons. The van der Waals surface area contributed by atoms with Crippen LogP contribution in [0.2, 0.25) is 0 Å². The summed E-state index contributed by atoms with van der Waals surface area (Å²) >= 11 is 0. The lowest BCUT2D eigenvalue weighted by Crippen LogP contribution is -2.43. The van der Waals surface area contributed by atoms with Gasteiger partial charge in [-0.05, 0) is 42.5 Å². The Balaban J connectivity index is 1.63. The Morgan fingerprint density at radius 3 is 2.54 bits per heavy atom. The molecule has 4 rings (SSSR count). The van der Waals surface area contributed by atoms with Gasteiger partial charge in [-0.2, -0.15) is 5.10 Å². The van der Waals surface area contributed by atoms with Crippen molar-refractivity contribution in [2.45, 2.75) is 19.8 Å². The summed E-state index contributed by atoms with van der Waals surface area (Å²) in [5, 5.41) is 31.5. The fourth-order valence-corrected chi connectivity index (χ4v) is 3.81. The lowest BCUT2D eigenvalue weighted by atomic mass is 9.97. The van der Waals surface area contributed by atoms with Crippen molar-refractivity contribution in [3.63, 3.8) is 0 Å². The summed E-state index contributed by atoms with van der Waals surface area (Å²) in [5.41, 5.74) is 5.76. The van der Waals surface area contributed by atoms with E-state index in [0.717, 1.165) is 49.5 Å². The minimum Gasteiger partial charge on any atom is -0.508 e. The first-order valence-corrected chi connectivity index (χ1v) is 9.72. The molecule has 1 saturated heterocycles. The SMILES string of the molecule is Cc1ccccc1CCc1cc(-c2[nH]ncc2N2CCNCC2)c(O)cc1O. The van der Waals surface area contributed by atoms with Gasteiger partial charge in [-0.3, -0.25) is 5.10 Å².